The summed E-state index contributed by atoms with van der Waals surface area (Å²) in [4.78, 5) is 0. The Balaban J connectivity index is 3.57. The summed E-state index contributed by atoms with van der Waals surface area (Å²) in [5.41, 5.74) is 0. The SMILES string of the molecule is CCC(COC(C)CO)OCC(C)O. The second-order valence-electron chi connectivity index (χ2n) is 3.54. The van der Waals surface area contributed by atoms with Gasteiger partial charge in [0.05, 0.1) is 38.1 Å². The van der Waals surface area contributed by atoms with Gasteiger partial charge in [0, 0.05) is 0 Å². The van der Waals surface area contributed by atoms with Gasteiger partial charge in [-0.3, -0.25) is 0 Å². The highest BCUT2D eigenvalue weighted by molar-refractivity contribution is 4.57. The number of aliphatic hydroxyl groups is 2. The van der Waals surface area contributed by atoms with Crippen LogP contribution in [0.4, 0.5) is 0 Å². The number of hydrogen-bond donors (Lipinski definition) is 2. The Labute approximate surface area is 85.8 Å². The van der Waals surface area contributed by atoms with E-state index in [0.717, 1.165) is 6.42 Å². The van der Waals surface area contributed by atoms with Crippen molar-refractivity contribution in [3.8, 4) is 0 Å². The molecule has 0 saturated carbocycles. The molecular weight excluding hydrogens is 184 g/mol. The smallest absolute Gasteiger partial charge is 0.0807 e. The summed E-state index contributed by atoms with van der Waals surface area (Å²) >= 11 is 0. The first-order valence-corrected chi connectivity index (χ1v) is 5.12. The van der Waals surface area contributed by atoms with Gasteiger partial charge in [-0.2, -0.15) is 0 Å². The average molecular weight is 206 g/mol. The predicted octanol–water partition coefficient (Wildman–Crippen LogP) is 0.560. The number of hydrogen-bond acceptors (Lipinski definition) is 4. The largest absolute Gasteiger partial charge is 0.394 e. The zero-order valence-corrected chi connectivity index (χ0v) is 9.27. The quantitative estimate of drug-likeness (QED) is 0.609. The average Bonchev–Trinajstić information content (AvgIpc) is 2.17. The third kappa shape index (κ3) is 7.26. The minimum atomic E-state index is -0.445. The van der Waals surface area contributed by atoms with Gasteiger partial charge in [-0.25, -0.2) is 0 Å². The molecule has 0 aromatic rings. The highest BCUT2D eigenvalue weighted by Crippen LogP contribution is 2.02. The molecule has 3 atom stereocenters. The number of ether oxygens (including phenoxy) is 2. The molecule has 0 rings (SSSR count). The van der Waals surface area contributed by atoms with Crippen molar-refractivity contribution in [2.24, 2.45) is 0 Å². The predicted molar refractivity (Wildman–Crippen MR) is 54.2 cm³/mol. The molecule has 0 aliphatic rings. The molecular formula is C10H22O4. The van der Waals surface area contributed by atoms with Crippen LogP contribution in [0.5, 0.6) is 0 Å². The molecule has 0 spiro atoms. The van der Waals surface area contributed by atoms with E-state index in [4.69, 9.17) is 19.7 Å². The molecule has 3 unspecified atom stereocenters. The lowest BCUT2D eigenvalue weighted by molar-refractivity contribution is -0.0698. The number of aliphatic hydroxyl groups excluding tert-OH is 2. The summed E-state index contributed by atoms with van der Waals surface area (Å²) in [5, 5.41) is 17.7. The van der Waals surface area contributed by atoms with Crippen LogP contribution in [0, 0.1) is 0 Å². The summed E-state index contributed by atoms with van der Waals surface area (Å²) in [5.74, 6) is 0. The van der Waals surface area contributed by atoms with E-state index in [1.165, 1.54) is 0 Å². The van der Waals surface area contributed by atoms with Crippen LogP contribution >= 0.6 is 0 Å². The first kappa shape index (κ1) is 13.8. The van der Waals surface area contributed by atoms with Crippen LogP contribution in [0.2, 0.25) is 0 Å². The van der Waals surface area contributed by atoms with E-state index in [9.17, 15) is 0 Å². The molecule has 0 amide bonds. The van der Waals surface area contributed by atoms with Gasteiger partial charge in [-0.15, -0.1) is 0 Å². The highest BCUT2D eigenvalue weighted by Gasteiger charge is 2.10. The van der Waals surface area contributed by atoms with Gasteiger partial charge in [0.2, 0.25) is 0 Å². The zero-order chi connectivity index (χ0) is 11.0. The summed E-state index contributed by atoms with van der Waals surface area (Å²) < 4.78 is 10.7. The minimum absolute atomic E-state index is 0.00130. The molecule has 4 nitrogen and oxygen atoms in total. The summed E-state index contributed by atoms with van der Waals surface area (Å²) in [7, 11) is 0. The van der Waals surface area contributed by atoms with Crippen molar-refractivity contribution < 1.29 is 19.7 Å². The Kier molecular flexibility index (Phi) is 8.08. The molecule has 2 N–H and O–H groups in total. The summed E-state index contributed by atoms with van der Waals surface area (Å²) in [6.45, 7) is 6.30. The van der Waals surface area contributed by atoms with Crippen LogP contribution in [0.15, 0.2) is 0 Å². The lowest BCUT2D eigenvalue weighted by Crippen LogP contribution is -2.26. The molecule has 0 aliphatic carbocycles. The molecule has 86 valence electrons. The fourth-order valence-corrected chi connectivity index (χ4v) is 0.883. The monoisotopic (exact) mass is 206 g/mol. The van der Waals surface area contributed by atoms with Gasteiger partial charge in [-0.1, -0.05) is 6.92 Å². The molecule has 0 saturated heterocycles. The van der Waals surface area contributed by atoms with Crippen LogP contribution in [-0.4, -0.2) is 48.3 Å². The van der Waals surface area contributed by atoms with Gasteiger partial charge < -0.3 is 19.7 Å². The van der Waals surface area contributed by atoms with E-state index < -0.39 is 6.10 Å². The van der Waals surface area contributed by atoms with E-state index >= 15 is 0 Å². The van der Waals surface area contributed by atoms with Crippen molar-refractivity contribution in [2.45, 2.75) is 45.5 Å². The fraction of sp³-hybridized carbons (Fsp3) is 1.00. The number of rotatable bonds is 8. The van der Waals surface area contributed by atoms with E-state index in [-0.39, 0.29) is 18.8 Å². The standard InChI is InChI=1S/C10H22O4/c1-4-10(14-6-8(2)12)7-13-9(3)5-11/h8-12H,4-7H2,1-3H3. The molecule has 0 aromatic carbocycles. The maximum Gasteiger partial charge on any atom is 0.0807 e. The van der Waals surface area contributed by atoms with E-state index in [1.54, 1.807) is 13.8 Å². The molecule has 0 aliphatic heterocycles. The Morgan fingerprint density at radius 1 is 1.14 bits per heavy atom. The maximum atomic E-state index is 9.01. The lowest BCUT2D eigenvalue weighted by atomic mass is 10.3. The van der Waals surface area contributed by atoms with Crippen molar-refractivity contribution in [2.75, 3.05) is 19.8 Å². The molecule has 4 heteroatoms. The molecule has 0 radical (unpaired) electrons. The van der Waals surface area contributed by atoms with E-state index in [1.807, 2.05) is 6.92 Å². The third-order valence-electron chi connectivity index (χ3n) is 1.85. The van der Waals surface area contributed by atoms with Gasteiger partial charge in [0.25, 0.3) is 0 Å². The van der Waals surface area contributed by atoms with Gasteiger partial charge in [0.15, 0.2) is 0 Å². The van der Waals surface area contributed by atoms with Gasteiger partial charge in [0.1, 0.15) is 0 Å². The second kappa shape index (κ2) is 8.17. The normalized spacial score (nSPS) is 17.8. The van der Waals surface area contributed by atoms with Crippen LogP contribution in [0.25, 0.3) is 0 Å². The van der Waals surface area contributed by atoms with Crippen molar-refractivity contribution in [3.05, 3.63) is 0 Å². The van der Waals surface area contributed by atoms with Crippen molar-refractivity contribution in [3.63, 3.8) is 0 Å². The Hall–Kier alpha value is -0.160. The Morgan fingerprint density at radius 2 is 1.79 bits per heavy atom. The van der Waals surface area contributed by atoms with Crippen LogP contribution in [0.3, 0.4) is 0 Å². The molecule has 0 heterocycles. The second-order valence-corrected chi connectivity index (χ2v) is 3.54. The highest BCUT2D eigenvalue weighted by atomic mass is 16.5. The molecule has 0 bridgehead atoms. The van der Waals surface area contributed by atoms with Crippen molar-refractivity contribution in [1.82, 2.24) is 0 Å². The van der Waals surface area contributed by atoms with E-state index in [2.05, 4.69) is 0 Å². The lowest BCUT2D eigenvalue weighted by Gasteiger charge is -2.19. The maximum absolute atomic E-state index is 9.01. The van der Waals surface area contributed by atoms with Crippen LogP contribution in [0.1, 0.15) is 27.2 Å². The van der Waals surface area contributed by atoms with Crippen LogP contribution < -0.4 is 0 Å². The first-order valence-electron chi connectivity index (χ1n) is 5.12. The van der Waals surface area contributed by atoms with Crippen molar-refractivity contribution in [1.29, 1.82) is 0 Å². The summed E-state index contributed by atoms with van der Waals surface area (Å²) in [6, 6.07) is 0. The minimum Gasteiger partial charge on any atom is -0.394 e. The van der Waals surface area contributed by atoms with Gasteiger partial charge >= 0.3 is 0 Å². The van der Waals surface area contributed by atoms with Crippen LogP contribution in [-0.2, 0) is 9.47 Å². The van der Waals surface area contributed by atoms with E-state index in [0.29, 0.717) is 13.2 Å². The molecule has 0 fully saturated rings. The first-order chi connectivity index (χ1) is 6.60. The molecule has 0 aromatic heterocycles. The fourth-order valence-electron chi connectivity index (χ4n) is 0.883. The third-order valence-corrected chi connectivity index (χ3v) is 1.85. The summed E-state index contributed by atoms with van der Waals surface area (Å²) in [6.07, 6.45) is 0.238. The molecule has 14 heavy (non-hydrogen) atoms. The topological polar surface area (TPSA) is 58.9 Å². The Morgan fingerprint density at radius 3 is 2.21 bits per heavy atom. The van der Waals surface area contributed by atoms with Gasteiger partial charge in [-0.05, 0) is 20.3 Å². The zero-order valence-electron chi connectivity index (χ0n) is 9.27. The van der Waals surface area contributed by atoms with Crippen molar-refractivity contribution >= 4 is 0 Å². The Bertz CT molecular complexity index is 127.